The van der Waals surface area contributed by atoms with Crippen LogP contribution < -0.4 is 5.32 Å². The van der Waals surface area contributed by atoms with Crippen molar-refractivity contribution in [3.05, 3.63) is 66.1 Å². The van der Waals surface area contributed by atoms with E-state index in [9.17, 15) is 4.79 Å². The Bertz CT molecular complexity index is 1110. The molecule has 0 saturated carbocycles. The molecule has 5 heteroatoms. The first-order chi connectivity index (χ1) is 13.1. The van der Waals surface area contributed by atoms with Crippen molar-refractivity contribution >= 4 is 27.8 Å². The molecule has 0 aliphatic carbocycles. The fraction of sp³-hybridized carbons (Fsp3) is 0.273. The van der Waals surface area contributed by atoms with Gasteiger partial charge in [-0.1, -0.05) is 24.3 Å². The number of para-hydroxylation sites is 1. The van der Waals surface area contributed by atoms with Gasteiger partial charge in [0.2, 0.25) is 0 Å². The normalized spacial score (nSPS) is 11.6. The molecule has 0 fully saturated rings. The van der Waals surface area contributed by atoms with Gasteiger partial charge in [0.15, 0.2) is 0 Å². The second-order valence-electron chi connectivity index (χ2n) is 7.13. The van der Waals surface area contributed by atoms with Crippen LogP contribution in [0.3, 0.4) is 0 Å². The maximum Gasteiger partial charge on any atom is 0.268 e. The molecule has 138 valence electrons. The van der Waals surface area contributed by atoms with Crippen molar-refractivity contribution in [2.75, 3.05) is 6.54 Å². The summed E-state index contributed by atoms with van der Waals surface area (Å²) in [7, 11) is 1.97. The Labute approximate surface area is 158 Å². The Balaban J connectivity index is 1.65. The first-order valence-electron chi connectivity index (χ1n) is 9.34. The van der Waals surface area contributed by atoms with Crippen LogP contribution in [0.4, 0.5) is 0 Å². The topological polar surface area (TPSA) is 51.9 Å². The fourth-order valence-electron chi connectivity index (χ4n) is 3.82. The van der Waals surface area contributed by atoms with Gasteiger partial charge in [-0.25, -0.2) is 0 Å². The van der Waals surface area contributed by atoms with Gasteiger partial charge in [0.1, 0.15) is 5.69 Å². The third-order valence-electron chi connectivity index (χ3n) is 5.03. The van der Waals surface area contributed by atoms with E-state index in [1.165, 1.54) is 10.9 Å². The number of fused-ring (bicyclic) bond motifs is 3. The van der Waals surface area contributed by atoms with E-state index in [1.54, 1.807) is 6.20 Å². The molecule has 4 rings (SSSR count). The summed E-state index contributed by atoms with van der Waals surface area (Å²) in [6.07, 6.45) is 2.49. The van der Waals surface area contributed by atoms with Crippen LogP contribution >= 0.6 is 0 Å². The minimum Gasteiger partial charge on any atom is -0.350 e. The van der Waals surface area contributed by atoms with E-state index < -0.39 is 0 Å². The van der Waals surface area contributed by atoms with Gasteiger partial charge >= 0.3 is 0 Å². The van der Waals surface area contributed by atoms with Gasteiger partial charge in [-0.3, -0.25) is 9.78 Å². The van der Waals surface area contributed by atoms with E-state index in [4.69, 9.17) is 0 Å². The molecule has 0 aliphatic rings. The second-order valence-corrected chi connectivity index (χ2v) is 7.13. The van der Waals surface area contributed by atoms with Crippen molar-refractivity contribution in [2.45, 2.75) is 26.3 Å². The molecule has 3 heterocycles. The Morgan fingerprint density at radius 3 is 2.63 bits per heavy atom. The van der Waals surface area contributed by atoms with Crippen molar-refractivity contribution in [2.24, 2.45) is 7.05 Å². The summed E-state index contributed by atoms with van der Waals surface area (Å²) in [5, 5.41) is 4.20. The molecule has 27 heavy (non-hydrogen) atoms. The molecule has 1 amide bonds. The van der Waals surface area contributed by atoms with Gasteiger partial charge in [0.25, 0.3) is 5.91 Å². The highest BCUT2D eigenvalue weighted by molar-refractivity contribution is 6.10. The van der Waals surface area contributed by atoms with Gasteiger partial charge in [0, 0.05) is 43.3 Å². The van der Waals surface area contributed by atoms with E-state index in [1.807, 2.05) is 41.9 Å². The molecular formula is C22H24N4O. The summed E-state index contributed by atoms with van der Waals surface area (Å²) in [6, 6.07) is 16.5. The third kappa shape index (κ3) is 2.99. The Kier molecular flexibility index (Phi) is 4.44. The van der Waals surface area contributed by atoms with E-state index in [-0.39, 0.29) is 5.91 Å². The Hall–Kier alpha value is -3.08. The average molecular weight is 360 g/mol. The number of carbonyl (C=O) groups is 1. The highest BCUT2D eigenvalue weighted by Gasteiger charge is 2.20. The van der Waals surface area contributed by atoms with E-state index in [2.05, 4.69) is 46.9 Å². The number of hydrogen-bond donors (Lipinski definition) is 1. The maximum absolute atomic E-state index is 12.8. The summed E-state index contributed by atoms with van der Waals surface area (Å²) < 4.78 is 4.31. The van der Waals surface area contributed by atoms with Gasteiger partial charge < -0.3 is 14.5 Å². The van der Waals surface area contributed by atoms with Gasteiger partial charge in [0.05, 0.1) is 16.6 Å². The number of amides is 1. The van der Waals surface area contributed by atoms with Gasteiger partial charge in [-0.2, -0.15) is 0 Å². The van der Waals surface area contributed by atoms with Gasteiger partial charge in [-0.05, 0) is 38.1 Å². The molecule has 3 aromatic heterocycles. The summed E-state index contributed by atoms with van der Waals surface area (Å²) in [5.41, 5.74) is 5.07. The van der Waals surface area contributed by atoms with Crippen LogP contribution in [-0.4, -0.2) is 26.6 Å². The number of hydrogen-bond acceptors (Lipinski definition) is 2. The van der Waals surface area contributed by atoms with Crippen molar-refractivity contribution in [3.63, 3.8) is 0 Å². The van der Waals surface area contributed by atoms with Crippen molar-refractivity contribution in [1.82, 2.24) is 19.4 Å². The van der Waals surface area contributed by atoms with Crippen LogP contribution in [-0.2, 0) is 13.5 Å². The summed E-state index contributed by atoms with van der Waals surface area (Å²) >= 11 is 0. The van der Waals surface area contributed by atoms with Crippen LogP contribution in [0.5, 0.6) is 0 Å². The van der Waals surface area contributed by atoms with Crippen LogP contribution in [0.2, 0.25) is 0 Å². The van der Waals surface area contributed by atoms with Crippen molar-refractivity contribution in [3.8, 4) is 0 Å². The minimum absolute atomic E-state index is 0.0518. The lowest BCUT2D eigenvalue weighted by molar-refractivity contribution is 0.0946. The molecule has 0 aliphatic heterocycles. The molecule has 1 aromatic carbocycles. The standard InChI is InChI=1S/C22H24N4O/c1-15(2)26-18-10-5-4-9-17(18)21-19(26)14-20(25(21)3)22(27)24-13-11-16-8-6-7-12-23-16/h4-10,12,14-15H,11,13H2,1-3H3,(H,24,27). The quantitative estimate of drug-likeness (QED) is 0.583. The predicted molar refractivity (Wildman–Crippen MR) is 109 cm³/mol. The number of aryl methyl sites for hydroxylation is 1. The van der Waals surface area contributed by atoms with Crippen LogP contribution in [0.25, 0.3) is 21.9 Å². The first kappa shape index (κ1) is 17.3. The zero-order chi connectivity index (χ0) is 19.0. The lowest BCUT2D eigenvalue weighted by atomic mass is 10.2. The number of aromatic nitrogens is 3. The summed E-state index contributed by atoms with van der Waals surface area (Å²) in [6.45, 7) is 4.91. The van der Waals surface area contributed by atoms with Crippen LogP contribution in [0.15, 0.2) is 54.7 Å². The molecule has 5 nitrogen and oxygen atoms in total. The van der Waals surface area contributed by atoms with Crippen molar-refractivity contribution < 1.29 is 4.79 Å². The van der Waals surface area contributed by atoms with Crippen molar-refractivity contribution in [1.29, 1.82) is 0 Å². The lowest BCUT2D eigenvalue weighted by Crippen LogP contribution is -2.27. The zero-order valence-corrected chi connectivity index (χ0v) is 15.9. The molecule has 0 atom stereocenters. The molecule has 0 bridgehead atoms. The molecule has 1 N–H and O–H groups in total. The van der Waals surface area contributed by atoms with Crippen LogP contribution in [0.1, 0.15) is 36.1 Å². The average Bonchev–Trinajstić information content (AvgIpc) is 3.17. The molecule has 4 aromatic rings. The highest BCUT2D eigenvalue weighted by Crippen LogP contribution is 2.33. The van der Waals surface area contributed by atoms with E-state index in [0.717, 1.165) is 23.1 Å². The zero-order valence-electron chi connectivity index (χ0n) is 15.9. The van der Waals surface area contributed by atoms with E-state index >= 15 is 0 Å². The van der Waals surface area contributed by atoms with Gasteiger partial charge in [-0.15, -0.1) is 0 Å². The minimum atomic E-state index is -0.0518. The number of carbonyl (C=O) groups excluding carboxylic acids is 1. The molecular weight excluding hydrogens is 336 g/mol. The fourth-order valence-corrected chi connectivity index (χ4v) is 3.82. The first-order valence-corrected chi connectivity index (χ1v) is 9.34. The second kappa shape index (κ2) is 6.91. The Morgan fingerprint density at radius 2 is 1.89 bits per heavy atom. The smallest absolute Gasteiger partial charge is 0.268 e. The van der Waals surface area contributed by atoms with Crippen LogP contribution in [0, 0.1) is 0 Å². The molecule has 0 unspecified atom stereocenters. The van der Waals surface area contributed by atoms with E-state index in [0.29, 0.717) is 18.3 Å². The number of nitrogens with zero attached hydrogens (tertiary/aromatic N) is 3. The third-order valence-corrected chi connectivity index (χ3v) is 5.03. The SMILES string of the molecule is CC(C)n1c2ccccc2c2c1cc(C(=O)NCCc1ccccn1)n2C. The Morgan fingerprint density at radius 1 is 1.11 bits per heavy atom. The summed E-state index contributed by atoms with van der Waals surface area (Å²) in [4.78, 5) is 17.1. The lowest BCUT2D eigenvalue weighted by Gasteiger charge is -2.10. The maximum atomic E-state index is 12.8. The monoisotopic (exact) mass is 360 g/mol. The molecule has 0 saturated heterocycles. The highest BCUT2D eigenvalue weighted by atomic mass is 16.1. The number of benzene rings is 1. The molecule has 0 radical (unpaired) electrons. The number of rotatable bonds is 5. The summed E-state index contributed by atoms with van der Waals surface area (Å²) in [5.74, 6) is -0.0518. The number of nitrogens with one attached hydrogen (secondary N) is 1. The number of pyridine rings is 1. The predicted octanol–water partition coefficient (Wildman–Crippen LogP) is 4.08. The largest absolute Gasteiger partial charge is 0.350 e. The molecule has 0 spiro atoms.